The van der Waals surface area contributed by atoms with E-state index in [1.807, 2.05) is 13.8 Å². The standard InChI is InChI=1S/C33H50N4O7/c1-10-11-15-26(35-29(40)21(3)36(9)32(43)44-33(6,7)8)31(42)37-20(2)16-17-27(37)30(41)34-19-24-13-12-14-25(18-24)28(22(4)38)23(5)39/h12-14,18,20-21,26-28H,10-11,15-17,19H2,1-9H3,(H,34,41)(H,35,40)/t20-,21-,26-,27-/m0/s1. The maximum absolute atomic E-state index is 13.9. The molecule has 44 heavy (non-hydrogen) atoms. The zero-order valence-corrected chi connectivity index (χ0v) is 27.7. The Hall–Kier alpha value is -3.76. The predicted molar refractivity (Wildman–Crippen MR) is 167 cm³/mol. The van der Waals surface area contributed by atoms with Crippen LogP contribution in [0.3, 0.4) is 0 Å². The second-order valence-corrected chi connectivity index (χ2v) is 12.8. The molecule has 0 aromatic heterocycles. The lowest BCUT2D eigenvalue weighted by Gasteiger charge is -2.33. The van der Waals surface area contributed by atoms with Gasteiger partial charge in [0.15, 0.2) is 0 Å². The minimum absolute atomic E-state index is 0.159. The van der Waals surface area contributed by atoms with E-state index in [0.717, 1.165) is 12.0 Å². The number of rotatable bonds is 13. The van der Waals surface area contributed by atoms with Gasteiger partial charge in [0.05, 0.1) is 0 Å². The molecule has 0 bridgehead atoms. The van der Waals surface area contributed by atoms with Gasteiger partial charge in [0.1, 0.15) is 41.2 Å². The molecule has 11 heteroatoms. The average molecular weight is 615 g/mol. The third kappa shape index (κ3) is 9.89. The van der Waals surface area contributed by atoms with Gasteiger partial charge in [-0.1, -0.05) is 44.0 Å². The fourth-order valence-electron chi connectivity index (χ4n) is 5.36. The summed E-state index contributed by atoms with van der Waals surface area (Å²) in [4.78, 5) is 79.9. The summed E-state index contributed by atoms with van der Waals surface area (Å²) in [6.07, 6.45) is 2.34. The van der Waals surface area contributed by atoms with Crippen LogP contribution in [0, 0.1) is 0 Å². The summed E-state index contributed by atoms with van der Waals surface area (Å²) in [5, 5.41) is 5.74. The normalized spacial score (nSPS) is 17.9. The van der Waals surface area contributed by atoms with Crippen LogP contribution in [0.2, 0.25) is 0 Å². The number of likely N-dealkylation sites (tertiary alicyclic amines) is 1. The van der Waals surface area contributed by atoms with Crippen molar-refractivity contribution < 1.29 is 33.5 Å². The van der Waals surface area contributed by atoms with Gasteiger partial charge in [0, 0.05) is 19.6 Å². The van der Waals surface area contributed by atoms with Crippen molar-refractivity contribution in [2.75, 3.05) is 7.05 Å². The van der Waals surface area contributed by atoms with Crippen molar-refractivity contribution in [3.05, 3.63) is 35.4 Å². The number of nitrogens with one attached hydrogen (secondary N) is 2. The first-order valence-corrected chi connectivity index (χ1v) is 15.4. The average Bonchev–Trinajstić information content (AvgIpc) is 3.32. The van der Waals surface area contributed by atoms with Crippen molar-refractivity contribution in [1.82, 2.24) is 20.4 Å². The number of ketones is 2. The van der Waals surface area contributed by atoms with E-state index >= 15 is 0 Å². The maximum Gasteiger partial charge on any atom is 0.410 e. The molecule has 1 aromatic carbocycles. The van der Waals surface area contributed by atoms with Crippen molar-refractivity contribution in [2.24, 2.45) is 0 Å². The molecule has 244 valence electrons. The Labute approximate surface area is 261 Å². The van der Waals surface area contributed by atoms with Gasteiger partial charge in [-0.2, -0.15) is 0 Å². The molecular weight excluding hydrogens is 564 g/mol. The number of benzene rings is 1. The van der Waals surface area contributed by atoms with Crippen molar-refractivity contribution in [2.45, 2.75) is 130 Å². The van der Waals surface area contributed by atoms with E-state index in [1.54, 1.807) is 56.9 Å². The fraction of sp³-hybridized carbons (Fsp3) is 0.636. The number of unbranched alkanes of at least 4 members (excludes halogenated alkanes) is 1. The van der Waals surface area contributed by atoms with Crippen LogP contribution in [0.25, 0.3) is 0 Å². The highest BCUT2D eigenvalue weighted by molar-refractivity contribution is 6.05. The molecule has 0 aliphatic carbocycles. The molecule has 4 atom stereocenters. The van der Waals surface area contributed by atoms with E-state index < -0.39 is 41.6 Å². The molecule has 1 aliphatic heterocycles. The molecule has 2 rings (SSSR count). The summed E-state index contributed by atoms with van der Waals surface area (Å²) in [7, 11) is 1.47. The second kappa shape index (κ2) is 15.8. The molecule has 1 saturated heterocycles. The minimum atomic E-state index is -0.891. The van der Waals surface area contributed by atoms with Crippen LogP contribution >= 0.6 is 0 Å². The Morgan fingerprint density at radius 2 is 1.70 bits per heavy atom. The zero-order chi connectivity index (χ0) is 33.4. The highest BCUT2D eigenvalue weighted by Crippen LogP contribution is 2.26. The lowest BCUT2D eigenvalue weighted by atomic mass is 9.91. The van der Waals surface area contributed by atoms with E-state index in [9.17, 15) is 28.8 Å². The van der Waals surface area contributed by atoms with Crippen molar-refractivity contribution >= 4 is 35.4 Å². The number of carbonyl (C=O) groups is 6. The molecule has 0 spiro atoms. The van der Waals surface area contributed by atoms with Gasteiger partial charge in [-0.15, -0.1) is 0 Å². The van der Waals surface area contributed by atoms with E-state index in [0.29, 0.717) is 31.2 Å². The molecule has 1 aromatic rings. The monoisotopic (exact) mass is 614 g/mol. The summed E-state index contributed by atoms with van der Waals surface area (Å²) in [5.41, 5.74) is 0.573. The third-order valence-electron chi connectivity index (χ3n) is 7.89. The fourth-order valence-corrected chi connectivity index (χ4v) is 5.36. The molecule has 1 heterocycles. The Bertz CT molecular complexity index is 1210. The predicted octanol–water partition coefficient (Wildman–Crippen LogP) is 3.87. The Balaban J connectivity index is 2.16. The van der Waals surface area contributed by atoms with E-state index in [1.165, 1.54) is 25.8 Å². The molecule has 4 amide bonds. The number of hydrogen-bond donors (Lipinski definition) is 2. The molecule has 0 radical (unpaired) electrons. The lowest BCUT2D eigenvalue weighted by molar-refractivity contribution is -0.143. The van der Waals surface area contributed by atoms with Crippen LogP contribution in [0.1, 0.15) is 105 Å². The van der Waals surface area contributed by atoms with Crippen molar-refractivity contribution in [1.29, 1.82) is 0 Å². The SMILES string of the molecule is CCCC[C@H](NC(=O)[C@H](C)N(C)C(=O)OC(C)(C)C)C(=O)N1[C@@H](C)CC[C@H]1C(=O)NCc1cccc(C(C(C)=O)C(C)=O)c1. The first-order valence-electron chi connectivity index (χ1n) is 15.4. The Kier molecular flexibility index (Phi) is 13.1. The Morgan fingerprint density at radius 3 is 2.27 bits per heavy atom. The van der Waals surface area contributed by atoms with Crippen LogP contribution in [-0.4, -0.2) is 82.0 Å². The van der Waals surface area contributed by atoms with Gasteiger partial charge in [0.2, 0.25) is 17.7 Å². The van der Waals surface area contributed by atoms with Crippen LogP contribution < -0.4 is 10.6 Å². The number of likely N-dealkylation sites (N-methyl/N-ethyl adjacent to an activating group) is 1. The van der Waals surface area contributed by atoms with E-state index in [4.69, 9.17) is 4.74 Å². The molecule has 11 nitrogen and oxygen atoms in total. The maximum atomic E-state index is 13.9. The van der Waals surface area contributed by atoms with Crippen LogP contribution in [0.15, 0.2) is 24.3 Å². The molecule has 0 unspecified atom stereocenters. The lowest BCUT2D eigenvalue weighted by Crippen LogP contribution is -2.57. The summed E-state index contributed by atoms with van der Waals surface area (Å²) in [5.74, 6) is -2.49. The molecule has 1 aliphatic rings. The number of ether oxygens (including phenoxy) is 1. The summed E-state index contributed by atoms with van der Waals surface area (Å²) >= 11 is 0. The number of carbonyl (C=O) groups excluding carboxylic acids is 6. The summed E-state index contributed by atoms with van der Waals surface area (Å²) < 4.78 is 5.38. The highest BCUT2D eigenvalue weighted by Gasteiger charge is 2.42. The number of amides is 4. The topological polar surface area (TPSA) is 142 Å². The number of nitrogens with zero attached hydrogens (tertiary/aromatic N) is 2. The minimum Gasteiger partial charge on any atom is -0.444 e. The molecular formula is C33H50N4O7. The third-order valence-corrected chi connectivity index (χ3v) is 7.89. The molecule has 1 fully saturated rings. The van der Waals surface area contributed by atoms with Crippen molar-refractivity contribution in [3.63, 3.8) is 0 Å². The van der Waals surface area contributed by atoms with Gasteiger partial charge in [-0.3, -0.25) is 28.9 Å². The summed E-state index contributed by atoms with van der Waals surface area (Å²) in [6, 6.07) is 4.31. The van der Waals surface area contributed by atoms with Gasteiger partial charge in [0.25, 0.3) is 0 Å². The Morgan fingerprint density at radius 1 is 1.07 bits per heavy atom. The van der Waals surface area contributed by atoms with Crippen molar-refractivity contribution in [3.8, 4) is 0 Å². The summed E-state index contributed by atoms with van der Waals surface area (Å²) in [6.45, 7) is 13.6. The van der Waals surface area contributed by atoms with E-state index in [-0.39, 0.29) is 36.0 Å². The van der Waals surface area contributed by atoms with Gasteiger partial charge >= 0.3 is 6.09 Å². The molecule has 0 saturated carbocycles. The molecule has 2 N–H and O–H groups in total. The first-order chi connectivity index (χ1) is 20.5. The highest BCUT2D eigenvalue weighted by atomic mass is 16.6. The first kappa shape index (κ1) is 36.4. The smallest absolute Gasteiger partial charge is 0.410 e. The van der Waals surface area contributed by atoms with Gasteiger partial charge < -0.3 is 20.3 Å². The van der Waals surface area contributed by atoms with Crippen LogP contribution in [0.4, 0.5) is 4.79 Å². The van der Waals surface area contributed by atoms with Gasteiger partial charge in [-0.05, 0) is 78.9 Å². The largest absolute Gasteiger partial charge is 0.444 e. The zero-order valence-electron chi connectivity index (χ0n) is 27.7. The van der Waals surface area contributed by atoms with Gasteiger partial charge in [-0.25, -0.2) is 4.79 Å². The number of Topliss-reactive ketones (excluding diaryl/α,β-unsaturated/α-hetero) is 2. The van der Waals surface area contributed by atoms with Crippen LogP contribution in [-0.2, 0) is 35.3 Å². The number of hydrogen-bond acceptors (Lipinski definition) is 7. The van der Waals surface area contributed by atoms with E-state index in [2.05, 4.69) is 10.6 Å². The quantitative estimate of drug-likeness (QED) is 0.321. The second-order valence-electron chi connectivity index (χ2n) is 12.8. The van der Waals surface area contributed by atoms with Crippen LogP contribution in [0.5, 0.6) is 0 Å².